The summed E-state index contributed by atoms with van der Waals surface area (Å²) in [5.74, 6) is 1.78. The molecule has 0 saturated carbocycles. The molecule has 0 aliphatic rings. The topological polar surface area (TPSA) is 18.5 Å². The Kier molecular flexibility index (Phi) is 4.68. The van der Waals surface area contributed by atoms with Crippen molar-refractivity contribution in [3.05, 3.63) is 10.8 Å². The highest BCUT2D eigenvalue weighted by Crippen LogP contribution is 2.31. The minimum atomic E-state index is 0.763. The van der Waals surface area contributed by atoms with Gasteiger partial charge in [-0.3, -0.25) is 0 Å². The Balaban J connectivity index is 2.45. The molecule has 0 saturated heterocycles. The molecular weight excluding hydrogens is 184 g/mol. The second-order valence-electron chi connectivity index (χ2n) is 2.80. The van der Waals surface area contributed by atoms with Gasteiger partial charge in [-0.2, -0.15) is 0 Å². The summed E-state index contributed by atoms with van der Waals surface area (Å²) in [7, 11) is 0. The van der Waals surface area contributed by atoms with E-state index in [0.29, 0.717) is 0 Å². The van der Waals surface area contributed by atoms with E-state index in [0.717, 1.165) is 37.6 Å². The van der Waals surface area contributed by atoms with Gasteiger partial charge in [0.15, 0.2) is 11.5 Å². The third-order valence-electron chi connectivity index (χ3n) is 1.52. The van der Waals surface area contributed by atoms with Crippen LogP contribution in [-0.4, -0.2) is 13.2 Å². The second-order valence-corrected chi connectivity index (χ2v) is 3.54. The Bertz CT molecular complexity index is 210. The van der Waals surface area contributed by atoms with Crippen LogP contribution in [0.15, 0.2) is 10.8 Å². The molecule has 0 N–H and O–H groups in total. The maximum atomic E-state index is 5.51. The predicted molar refractivity (Wildman–Crippen MR) is 55.9 cm³/mol. The van der Waals surface area contributed by atoms with E-state index < -0.39 is 0 Å². The van der Waals surface area contributed by atoms with Crippen LogP contribution in [0.4, 0.5) is 0 Å². The Morgan fingerprint density at radius 1 is 1.00 bits per heavy atom. The largest absolute Gasteiger partial charge is 0.489 e. The fourth-order valence-electron chi connectivity index (χ4n) is 0.908. The smallest absolute Gasteiger partial charge is 0.171 e. The summed E-state index contributed by atoms with van der Waals surface area (Å²) in [6.07, 6.45) is 2.06. The van der Waals surface area contributed by atoms with Gasteiger partial charge in [0.05, 0.1) is 13.2 Å². The van der Waals surface area contributed by atoms with E-state index in [4.69, 9.17) is 9.47 Å². The Hall–Kier alpha value is -0.700. The maximum Gasteiger partial charge on any atom is 0.171 e. The fraction of sp³-hybridized carbons (Fsp3) is 0.600. The molecular formula is C10H16O2S. The molecule has 1 aromatic heterocycles. The number of rotatable bonds is 6. The third-order valence-corrected chi connectivity index (χ3v) is 2.22. The van der Waals surface area contributed by atoms with Crippen molar-refractivity contribution in [2.75, 3.05) is 13.2 Å². The van der Waals surface area contributed by atoms with E-state index in [-0.39, 0.29) is 0 Å². The van der Waals surface area contributed by atoms with E-state index >= 15 is 0 Å². The normalized spacial score (nSPS) is 10.0. The molecule has 0 amide bonds. The molecule has 0 unspecified atom stereocenters. The monoisotopic (exact) mass is 200 g/mol. The summed E-state index contributed by atoms with van der Waals surface area (Å²) >= 11 is 1.62. The minimum absolute atomic E-state index is 0.763. The Morgan fingerprint density at radius 2 is 1.46 bits per heavy atom. The fourth-order valence-corrected chi connectivity index (χ4v) is 1.59. The van der Waals surface area contributed by atoms with Crippen molar-refractivity contribution < 1.29 is 9.47 Å². The van der Waals surface area contributed by atoms with Gasteiger partial charge in [-0.1, -0.05) is 13.8 Å². The van der Waals surface area contributed by atoms with E-state index in [2.05, 4.69) is 13.8 Å². The molecule has 1 aromatic rings. The summed E-state index contributed by atoms with van der Waals surface area (Å²) in [4.78, 5) is 0. The van der Waals surface area contributed by atoms with Crippen LogP contribution in [-0.2, 0) is 0 Å². The maximum absolute atomic E-state index is 5.51. The lowest BCUT2D eigenvalue weighted by Crippen LogP contribution is -1.98. The van der Waals surface area contributed by atoms with Crippen LogP contribution in [0.1, 0.15) is 26.7 Å². The van der Waals surface area contributed by atoms with Crippen LogP contribution < -0.4 is 9.47 Å². The van der Waals surface area contributed by atoms with E-state index in [1.54, 1.807) is 11.3 Å². The van der Waals surface area contributed by atoms with Gasteiger partial charge in [0.25, 0.3) is 0 Å². The number of hydrogen-bond acceptors (Lipinski definition) is 3. The van der Waals surface area contributed by atoms with Crippen LogP contribution in [0.3, 0.4) is 0 Å². The number of ether oxygens (including phenoxy) is 2. The zero-order chi connectivity index (χ0) is 9.52. The van der Waals surface area contributed by atoms with Crippen LogP contribution in [0.2, 0.25) is 0 Å². The highest BCUT2D eigenvalue weighted by atomic mass is 32.1. The summed E-state index contributed by atoms with van der Waals surface area (Å²) in [6, 6.07) is 0. The van der Waals surface area contributed by atoms with Crippen molar-refractivity contribution >= 4 is 11.3 Å². The first-order valence-corrected chi connectivity index (χ1v) is 5.64. The molecule has 0 spiro atoms. The molecule has 0 fully saturated rings. The second kappa shape index (κ2) is 5.86. The predicted octanol–water partition coefficient (Wildman–Crippen LogP) is 3.33. The quantitative estimate of drug-likeness (QED) is 0.701. The number of thiophene rings is 1. The molecule has 0 aliphatic heterocycles. The molecule has 0 atom stereocenters. The first-order chi connectivity index (χ1) is 6.38. The lowest BCUT2D eigenvalue weighted by atomic mass is 10.5. The van der Waals surface area contributed by atoms with E-state index in [1.807, 2.05) is 10.8 Å². The lowest BCUT2D eigenvalue weighted by Gasteiger charge is -2.06. The van der Waals surface area contributed by atoms with Crippen molar-refractivity contribution in [1.29, 1.82) is 0 Å². The molecule has 2 nitrogen and oxygen atoms in total. The summed E-state index contributed by atoms with van der Waals surface area (Å²) in [5, 5.41) is 3.97. The van der Waals surface area contributed by atoms with Crippen LogP contribution in [0.25, 0.3) is 0 Å². The molecule has 1 rings (SSSR count). The molecule has 0 bridgehead atoms. The highest BCUT2D eigenvalue weighted by Gasteiger charge is 2.04. The van der Waals surface area contributed by atoms with Crippen molar-refractivity contribution in [1.82, 2.24) is 0 Å². The van der Waals surface area contributed by atoms with Gasteiger partial charge < -0.3 is 9.47 Å². The standard InChI is InChI=1S/C10H16O2S/c1-3-5-11-9-7-13-8-10(9)12-6-4-2/h7-8H,3-6H2,1-2H3. The Labute approximate surface area is 83.5 Å². The SMILES string of the molecule is CCCOc1cscc1OCCC. The van der Waals surface area contributed by atoms with Gasteiger partial charge >= 0.3 is 0 Å². The van der Waals surface area contributed by atoms with Crippen molar-refractivity contribution in [3.63, 3.8) is 0 Å². The molecule has 74 valence electrons. The zero-order valence-corrected chi connectivity index (χ0v) is 9.02. The molecule has 13 heavy (non-hydrogen) atoms. The summed E-state index contributed by atoms with van der Waals surface area (Å²) in [6.45, 7) is 5.72. The molecule has 0 aliphatic carbocycles. The Morgan fingerprint density at radius 3 is 1.85 bits per heavy atom. The molecule has 3 heteroatoms. The minimum Gasteiger partial charge on any atom is -0.489 e. The van der Waals surface area contributed by atoms with Crippen molar-refractivity contribution in [2.24, 2.45) is 0 Å². The summed E-state index contributed by atoms with van der Waals surface area (Å²) < 4.78 is 11.0. The van der Waals surface area contributed by atoms with Gasteiger partial charge in [0, 0.05) is 10.8 Å². The molecule has 1 heterocycles. The van der Waals surface area contributed by atoms with Crippen molar-refractivity contribution in [3.8, 4) is 11.5 Å². The average Bonchev–Trinajstić information content (AvgIpc) is 2.59. The van der Waals surface area contributed by atoms with E-state index in [9.17, 15) is 0 Å². The van der Waals surface area contributed by atoms with Gasteiger partial charge in [0.2, 0.25) is 0 Å². The van der Waals surface area contributed by atoms with Gasteiger partial charge in [0.1, 0.15) is 0 Å². The average molecular weight is 200 g/mol. The van der Waals surface area contributed by atoms with Crippen LogP contribution >= 0.6 is 11.3 Å². The number of hydrogen-bond donors (Lipinski definition) is 0. The van der Waals surface area contributed by atoms with Gasteiger partial charge in [-0.05, 0) is 12.8 Å². The summed E-state index contributed by atoms with van der Waals surface area (Å²) in [5.41, 5.74) is 0. The van der Waals surface area contributed by atoms with Gasteiger partial charge in [-0.15, -0.1) is 11.3 Å². The molecule has 0 aromatic carbocycles. The van der Waals surface area contributed by atoms with Gasteiger partial charge in [-0.25, -0.2) is 0 Å². The first kappa shape index (κ1) is 10.4. The van der Waals surface area contributed by atoms with Crippen molar-refractivity contribution in [2.45, 2.75) is 26.7 Å². The van der Waals surface area contributed by atoms with Crippen LogP contribution in [0, 0.1) is 0 Å². The zero-order valence-electron chi connectivity index (χ0n) is 8.21. The third kappa shape index (κ3) is 3.27. The molecule has 0 radical (unpaired) electrons. The van der Waals surface area contributed by atoms with Crippen LogP contribution in [0.5, 0.6) is 11.5 Å². The highest BCUT2D eigenvalue weighted by molar-refractivity contribution is 7.08. The van der Waals surface area contributed by atoms with E-state index in [1.165, 1.54) is 0 Å². The lowest BCUT2D eigenvalue weighted by molar-refractivity contribution is 0.270. The first-order valence-electron chi connectivity index (χ1n) is 4.70.